The van der Waals surface area contributed by atoms with Gasteiger partial charge in [-0.05, 0) is 70.6 Å². The Morgan fingerprint density at radius 3 is 1.67 bits per heavy atom. The highest BCUT2D eigenvalue weighted by Gasteiger charge is 2.31. The molecule has 8 heteroatoms. The van der Waals surface area contributed by atoms with Crippen molar-refractivity contribution in [2.75, 3.05) is 41.0 Å². The lowest BCUT2D eigenvalue weighted by molar-refractivity contribution is -0.887. The van der Waals surface area contributed by atoms with Crippen molar-refractivity contribution in [1.82, 2.24) is 0 Å². The molecule has 0 aromatic heterocycles. The lowest BCUT2D eigenvalue weighted by atomic mass is 10.1. The number of carboxylic acid groups (broad SMARTS) is 1. The molecule has 2 atom stereocenters. The summed E-state index contributed by atoms with van der Waals surface area (Å²) in [5, 5.41) is 9.59. The molecule has 0 fully saturated rings. The molecule has 1 N–H and O–H groups in total. The van der Waals surface area contributed by atoms with Gasteiger partial charge in [0.05, 0.1) is 34.4 Å². The van der Waals surface area contributed by atoms with E-state index in [0.29, 0.717) is 12.8 Å². The van der Waals surface area contributed by atoms with Gasteiger partial charge in [0, 0.05) is 19.3 Å². The number of allylic oxidation sites excluding steroid dienone is 10. The van der Waals surface area contributed by atoms with E-state index >= 15 is 0 Å². The van der Waals surface area contributed by atoms with Crippen molar-refractivity contribution in [1.29, 1.82) is 0 Å². The van der Waals surface area contributed by atoms with E-state index in [0.717, 1.165) is 83.5 Å². The maximum absolute atomic E-state index is 12.7. The second-order valence-corrected chi connectivity index (χ2v) is 14.1. The minimum atomic E-state index is -0.885. The predicted molar refractivity (Wildman–Crippen MR) is 211 cm³/mol. The van der Waals surface area contributed by atoms with E-state index in [-0.39, 0.29) is 42.7 Å². The fraction of sp³-hybridized carbons (Fsp3) is 0.698. The number of hydrogen-bond acceptors (Lipinski definition) is 6. The van der Waals surface area contributed by atoms with E-state index in [4.69, 9.17) is 14.2 Å². The quantitative estimate of drug-likeness (QED) is 0.0306. The van der Waals surface area contributed by atoms with Gasteiger partial charge >= 0.3 is 17.9 Å². The van der Waals surface area contributed by atoms with E-state index in [9.17, 15) is 19.5 Å². The van der Waals surface area contributed by atoms with Crippen LogP contribution in [0.5, 0.6) is 0 Å². The number of carbonyl (C=O) groups excluding carboxylic acids is 2. The molecule has 0 saturated heterocycles. The number of carbonyl (C=O) groups is 3. The molecule has 0 radical (unpaired) electrons. The molecular weight excluding hydrogens is 642 g/mol. The number of rotatable bonds is 34. The van der Waals surface area contributed by atoms with Crippen LogP contribution in [0.1, 0.15) is 142 Å². The van der Waals surface area contributed by atoms with Crippen LogP contribution in [0.3, 0.4) is 0 Å². The third-order valence-electron chi connectivity index (χ3n) is 8.40. The molecule has 0 aliphatic rings. The Morgan fingerprint density at radius 2 is 1.10 bits per heavy atom. The minimum Gasteiger partial charge on any atom is -0.477 e. The summed E-state index contributed by atoms with van der Waals surface area (Å²) in [6.45, 7) is 4.51. The van der Waals surface area contributed by atoms with Gasteiger partial charge in [0.25, 0.3) is 0 Å². The van der Waals surface area contributed by atoms with Gasteiger partial charge in [-0.2, -0.15) is 0 Å². The standard InChI is InChI=1S/C43H73NO7/c1-6-8-10-12-14-16-18-19-20-21-22-24-26-28-30-32-34-42(46)51-39(37-49-36-35-40(43(47)48)44(3,4)5)38-50-41(45)33-31-29-27-25-23-17-15-13-11-9-7-2/h8,10,13-16,19-20,22,24,39-40H,6-7,9,11-12,17-18,21,23,25-38H2,1-5H3/p+1/b10-8+,15-13+,16-14+,20-19+,24-22+. The zero-order chi connectivity index (χ0) is 37.8. The van der Waals surface area contributed by atoms with Crippen molar-refractivity contribution in [2.45, 2.75) is 154 Å². The molecule has 292 valence electrons. The van der Waals surface area contributed by atoms with Gasteiger partial charge in [-0.1, -0.05) is 113 Å². The summed E-state index contributed by atoms with van der Waals surface area (Å²) in [6, 6.07) is -0.622. The predicted octanol–water partition coefficient (Wildman–Crippen LogP) is 10.2. The van der Waals surface area contributed by atoms with Crippen LogP contribution in [0.15, 0.2) is 60.8 Å². The molecule has 0 aromatic carbocycles. The van der Waals surface area contributed by atoms with Gasteiger partial charge in [0.2, 0.25) is 0 Å². The third kappa shape index (κ3) is 32.7. The van der Waals surface area contributed by atoms with Crippen molar-refractivity contribution < 1.29 is 38.2 Å². The van der Waals surface area contributed by atoms with Gasteiger partial charge in [0.1, 0.15) is 6.61 Å². The Labute approximate surface area is 311 Å². The topological polar surface area (TPSA) is 99.1 Å². The summed E-state index contributed by atoms with van der Waals surface area (Å²) in [5.74, 6) is -1.53. The zero-order valence-electron chi connectivity index (χ0n) is 33.0. The fourth-order valence-electron chi connectivity index (χ4n) is 5.30. The van der Waals surface area contributed by atoms with Crippen LogP contribution in [0, 0.1) is 0 Å². The van der Waals surface area contributed by atoms with Gasteiger partial charge in [-0.3, -0.25) is 9.59 Å². The average Bonchev–Trinajstić information content (AvgIpc) is 3.08. The molecule has 0 aromatic rings. The first-order valence-electron chi connectivity index (χ1n) is 19.8. The van der Waals surface area contributed by atoms with Gasteiger partial charge in [0.15, 0.2) is 12.1 Å². The number of ether oxygens (including phenoxy) is 3. The maximum atomic E-state index is 12.7. The summed E-state index contributed by atoms with van der Waals surface area (Å²) in [6.07, 6.45) is 39.8. The summed E-state index contributed by atoms with van der Waals surface area (Å²) in [4.78, 5) is 36.8. The van der Waals surface area contributed by atoms with Gasteiger partial charge in [-0.25, -0.2) is 4.79 Å². The first-order chi connectivity index (χ1) is 24.6. The first kappa shape index (κ1) is 48.0. The minimum absolute atomic E-state index is 0.0429. The van der Waals surface area contributed by atoms with Crippen LogP contribution < -0.4 is 0 Å². The van der Waals surface area contributed by atoms with Gasteiger partial charge in [-0.15, -0.1) is 0 Å². The molecule has 0 spiro atoms. The average molecular weight is 717 g/mol. The SMILES string of the molecule is CC/C=C/C/C=C/C/C=C/C/C=C/CCCCCC(=O)OC(COCCC(C(=O)O)[N+](C)(C)C)COC(=O)CCCCCCC/C=C/CCCC. The lowest BCUT2D eigenvalue weighted by Gasteiger charge is -2.31. The Kier molecular flexibility index (Phi) is 32.1. The van der Waals surface area contributed by atoms with Crippen molar-refractivity contribution in [3.8, 4) is 0 Å². The summed E-state index contributed by atoms with van der Waals surface area (Å²) in [7, 11) is 5.50. The Hall–Kier alpha value is -2.97. The van der Waals surface area contributed by atoms with Gasteiger partial charge < -0.3 is 23.8 Å². The van der Waals surface area contributed by atoms with Crippen LogP contribution in [-0.4, -0.2) is 80.6 Å². The molecule has 2 unspecified atom stereocenters. The van der Waals surface area contributed by atoms with Crippen LogP contribution in [-0.2, 0) is 28.6 Å². The molecule has 0 amide bonds. The number of likely N-dealkylation sites (N-methyl/N-ethyl adjacent to an activating group) is 1. The molecule has 8 nitrogen and oxygen atoms in total. The van der Waals surface area contributed by atoms with E-state index in [1.54, 1.807) is 0 Å². The normalized spacial score (nSPS) is 13.7. The van der Waals surface area contributed by atoms with Crippen molar-refractivity contribution >= 4 is 17.9 Å². The number of unbranched alkanes of at least 4 members (excludes halogenated alkanes) is 10. The number of hydrogen-bond donors (Lipinski definition) is 1. The van der Waals surface area contributed by atoms with E-state index in [2.05, 4.69) is 74.6 Å². The summed E-state index contributed by atoms with van der Waals surface area (Å²) in [5.41, 5.74) is 0. The van der Waals surface area contributed by atoms with Crippen molar-refractivity contribution in [3.05, 3.63) is 60.8 Å². The molecule has 0 aliphatic heterocycles. The molecule has 0 saturated carbocycles. The highest BCUT2D eigenvalue weighted by molar-refractivity contribution is 5.72. The fourth-order valence-corrected chi connectivity index (χ4v) is 5.30. The molecular formula is C43H74NO7+. The molecule has 0 aliphatic carbocycles. The smallest absolute Gasteiger partial charge is 0.362 e. The maximum Gasteiger partial charge on any atom is 0.362 e. The largest absolute Gasteiger partial charge is 0.477 e. The first-order valence-corrected chi connectivity index (χ1v) is 19.8. The molecule has 0 heterocycles. The van der Waals surface area contributed by atoms with Crippen LogP contribution >= 0.6 is 0 Å². The third-order valence-corrected chi connectivity index (χ3v) is 8.40. The second-order valence-electron chi connectivity index (χ2n) is 14.1. The Balaban J connectivity index is 4.49. The van der Waals surface area contributed by atoms with Crippen LogP contribution in [0.2, 0.25) is 0 Å². The molecule has 51 heavy (non-hydrogen) atoms. The number of carboxylic acids is 1. The van der Waals surface area contributed by atoms with Crippen molar-refractivity contribution in [3.63, 3.8) is 0 Å². The highest BCUT2D eigenvalue weighted by atomic mass is 16.6. The van der Waals surface area contributed by atoms with Crippen molar-refractivity contribution in [2.24, 2.45) is 0 Å². The highest BCUT2D eigenvalue weighted by Crippen LogP contribution is 2.12. The lowest BCUT2D eigenvalue weighted by Crippen LogP contribution is -2.50. The Bertz CT molecular complexity index is 1020. The number of nitrogens with zero attached hydrogens (tertiary/aromatic N) is 1. The number of esters is 2. The number of aliphatic carboxylic acids is 1. The van der Waals surface area contributed by atoms with Crippen LogP contribution in [0.25, 0.3) is 0 Å². The summed E-state index contributed by atoms with van der Waals surface area (Å²) < 4.78 is 17.2. The number of quaternary nitrogens is 1. The van der Waals surface area contributed by atoms with E-state index in [1.807, 2.05) is 21.1 Å². The molecule has 0 rings (SSSR count). The Morgan fingerprint density at radius 1 is 0.608 bits per heavy atom. The van der Waals surface area contributed by atoms with E-state index in [1.165, 1.54) is 25.7 Å². The zero-order valence-corrected chi connectivity index (χ0v) is 33.0. The van der Waals surface area contributed by atoms with Crippen LogP contribution in [0.4, 0.5) is 0 Å². The summed E-state index contributed by atoms with van der Waals surface area (Å²) >= 11 is 0. The molecule has 0 bridgehead atoms. The monoisotopic (exact) mass is 717 g/mol. The second kappa shape index (κ2) is 34.1. The van der Waals surface area contributed by atoms with E-state index < -0.39 is 18.1 Å².